The molecule has 0 unspecified atom stereocenters. The maximum Gasteiger partial charge on any atom is 0.0162 e. The van der Waals surface area contributed by atoms with E-state index < -0.39 is 0 Å². The number of hydrogen-bond acceptors (Lipinski definition) is 0. The zero-order chi connectivity index (χ0) is 43.4. The first-order valence-corrected chi connectivity index (χ1v) is 23.4. The molecule has 0 atom stereocenters. The van der Waals surface area contributed by atoms with E-state index in [0.717, 1.165) is 0 Å². The molecule has 0 radical (unpaired) electrons. The van der Waals surface area contributed by atoms with Crippen molar-refractivity contribution in [1.29, 1.82) is 0 Å². The molecule has 306 valence electrons. The molecule has 14 rings (SSSR count). The van der Waals surface area contributed by atoms with Gasteiger partial charge in [-0.1, -0.05) is 213 Å². The zero-order valence-electron chi connectivity index (χ0n) is 38.0. The van der Waals surface area contributed by atoms with Crippen molar-refractivity contribution < 1.29 is 0 Å². The molecule has 0 nitrogen and oxygen atoms in total. The zero-order valence-corrected chi connectivity index (χ0v) is 38.0. The van der Waals surface area contributed by atoms with Crippen LogP contribution >= 0.6 is 0 Å². The van der Waals surface area contributed by atoms with E-state index in [1.807, 2.05) is 0 Å². The van der Waals surface area contributed by atoms with E-state index in [0.29, 0.717) is 0 Å². The second kappa shape index (κ2) is 11.7. The van der Waals surface area contributed by atoms with Gasteiger partial charge < -0.3 is 0 Å². The fraction of sp³-hybridized carbons (Fsp3) is 0.188. The smallest absolute Gasteiger partial charge is 0.0162 e. The van der Waals surface area contributed by atoms with Gasteiger partial charge in [-0.25, -0.2) is 0 Å². The van der Waals surface area contributed by atoms with Crippen molar-refractivity contribution in [3.05, 3.63) is 202 Å². The molecule has 0 N–H and O–H groups in total. The summed E-state index contributed by atoms with van der Waals surface area (Å²) in [7, 11) is 0. The van der Waals surface area contributed by atoms with Crippen LogP contribution in [0.5, 0.6) is 0 Å². The van der Waals surface area contributed by atoms with Crippen LogP contribution in [0, 0.1) is 0 Å². The monoisotopic (exact) mass is 818 g/mol. The predicted molar refractivity (Wildman–Crippen MR) is 271 cm³/mol. The van der Waals surface area contributed by atoms with E-state index in [2.05, 4.69) is 213 Å². The van der Waals surface area contributed by atoms with Gasteiger partial charge >= 0.3 is 0 Å². The maximum atomic E-state index is 2.46. The Hall–Kier alpha value is -6.76. The summed E-state index contributed by atoms with van der Waals surface area (Å²) in [6.07, 6.45) is 0. The highest BCUT2D eigenvalue weighted by molar-refractivity contribution is 6.28. The Morgan fingerprint density at radius 1 is 0.234 bits per heavy atom. The van der Waals surface area contributed by atoms with Crippen LogP contribution in [0.3, 0.4) is 0 Å². The summed E-state index contributed by atoms with van der Waals surface area (Å²) in [5.41, 5.74) is 27.7. The van der Waals surface area contributed by atoms with E-state index in [1.165, 1.54) is 144 Å². The fourth-order valence-electron chi connectivity index (χ4n) is 14.2. The lowest BCUT2D eigenvalue weighted by Gasteiger charge is -2.30. The quantitative estimate of drug-likeness (QED) is 0.152. The van der Waals surface area contributed by atoms with E-state index in [9.17, 15) is 0 Å². The van der Waals surface area contributed by atoms with Crippen LogP contribution in [0.2, 0.25) is 0 Å². The SMILES string of the molecule is CC1(C)c2ccccc2-c2ccc3c(c21)C(C)(C)c1cccc(-c2ccc4ccc5c(-c6cccc7c6-c6ccc8c(c6C7(C)C)C(C)(C)c6ccccc6-8)ccc6ccc2c4c65)c1-3. The number of fused-ring (bicyclic) bond motifs is 14. The number of hydrogen-bond donors (Lipinski definition) is 0. The molecule has 4 aliphatic carbocycles. The number of rotatable bonds is 2. The summed E-state index contributed by atoms with van der Waals surface area (Å²) in [4.78, 5) is 0. The minimum absolute atomic E-state index is 0.0827. The Labute approximate surface area is 376 Å². The lowest BCUT2D eigenvalue weighted by molar-refractivity contribution is 0.601. The van der Waals surface area contributed by atoms with Gasteiger partial charge in [0.1, 0.15) is 0 Å². The molecule has 0 aliphatic heterocycles. The third-order valence-corrected chi connectivity index (χ3v) is 17.0. The van der Waals surface area contributed by atoms with Gasteiger partial charge in [0.25, 0.3) is 0 Å². The summed E-state index contributed by atoms with van der Waals surface area (Å²) in [5, 5.41) is 7.96. The van der Waals surface area contributed by atoms with Crippen molar-refractivity contribution in [2.75, 3.05) is 0 Å². The number of benzene rings is 10. The van der Waals surface area contributed by atoms with Gasteiger partial charge in [0.2, 0.25) is 0 Å². The van der Waals surface area contributed by atoms with Crippen molar-refractivity contribution >= 4 is 32.3 Å². The van der Waals surface area contributed by atoms with Gasteiger partial charge in [-0.15, -0.1) is 0 Å². The molecule has 0 saturated carbocycles. The summed E-state index contributed by atoms with van der Waals surface area (Å²) in [6.45, 7) is 19.6. The van der Waals surface area contributed by atoms with Gasteiger partial charge in [0.15, 0.2) is 0 Å². The van der Waals surface area contributed by atoms with E-state index in [-0.39, 0.29) is 21.7 Å². The van der Waals surface area contributed by atoms with Crippen LogP contribution in [0.1, 0.15) is 99.9 Å². The van der Waals surface area contributed by atoms with Gasteiger partial charge in [0, 0.05) is 21.7 Å². The van der Waals surface area contributed by atoms with Gasteiger partial charge in [0.05, 0.1) is 0 Å². The molecular weight excluding hydrogens is 769 g/mol. The topological polar surface area (TPSA) is 0 Å². The lowest BCUT2D eigenvalue weighted by Crippen LogP contribution is -2.24. The lowest BCUT2D eigenvalue weighted by atomic mass is 9.72. The minimum Gasteiger partial charge on any atom is -0.0619 e. The Balaban J connectivity index is 0.981. The molecule has 4 aliphatic rings. The van der Waals surface area contributed by atoms with Crippen molar-refractivity contribution in [2.45, 2.75) is 77.0 Å². The first-order chi connectivity index (χ1) is 30.8. The molecule has 0 heterocycles. The first kappa shape index (κ1) is 36.7. The van der Waals surface area contributed by atoms with Gasteiger partial charge in [-0.3, -0.25) is 0 Å². The van der Waals surface area contributed by atoms with Gasteiger partial charge in [-0.2, -0.15) is 0 Å². The Morgan fingerprint density at radius 2 is 0.547 bits per heavy atom. The third-order valence-electron chi connectivity index (χ3n) is 17.0. The average molecular weight is 819 g/mol. The predicted octanol–water partition coefficient (Wildman–Crippen LogP) is 17.1. The molecular formula is C64H50. The molecule has 0 aromatic heterocycles. The van der Waals surface area contributed by atoms with Crippen LogP contribution in [-0.4, -0.2) is 0 Å². The molecule has 10 aromatic rings. The molecule has 0 spiro atoms. The Bertz CT molecular complexity index is 3520. The van der Waals surface area contributed by atoms with Crippen molar-refractivity contribution in [2.24, 2.45) is 0 Å². The Morgan fingerprint density at radius 3 is 0.984 bits per heavy atom. The fourth-order valence-corrected chi connectivity index (χ4v) is 14.2. The van der Waals surface area contributed by atoms with Crippen LogP contribution in [0.4, 0.5) is 0 Å². The molecule has 0 fully saturated rings. The Kier molecular flexibility index (Phi) is 6.69. The molecule has 0 saturated heterocycles. The molecule has 10 aromatic carbocycles. The first-order valence-electron chi connectivity index (χ1n) is 23.4. The summed E-state index contributed by atoms with van der Waals surface area (Å²) in [5.74, 6) is 0. The van der Waals surface area contributed by atoms with Crippen LogP contribution in [0.25, 0.3) is 99.1 Å². The highest BCUT2D eigenvalue weighted by Crippen LogP contribution is 2.63. The van der Waals surface area contributed by atoms with Crippen LogP contribution in [-0.2, 0) is 21.7 Å². The van der Waals surface area contributed by atoms with Crippen LogP contribution < -0.4 is 0 Å². The second-order valence-corrected chi connectivity index (χ2v) is 21.5. The van der Waals surface area contributed by atoms with E-state index >= 15 is 0 Å². The van der Waals surface area contributed by atoms with Crippen molar-refractivity contribution in [3.63, 3.8) is 0 Å². The normalized spacial score (nSPS) is 16.9. The minimum atomic E-state index is -0.146. The summed E-state index contributed by atoms with van der Waals surface area (Å²) in [6, 6.07) is 61.2. The molecule has 64 heavy (non-hydrogen) atoms. The highest BCUT2D eigenvalue weighted by atomic mass is 14.5. The molecule has 0 bridgehead atoms. The summed E-state index contributed by atoms with van der Waals surface area (Å²) >= 11 is 0. The van der Waals surface area contributed by atoms with E-state index in [1.54, 1.807) is 0 Å². The van der Waals surface area contributed by atoms with Gasteiger partial charge in [-0.05, 0) is 144 Å². The van der Waals surface area contributed by atoms with E-state index in [4.69, 9.17) is 0 Å². The standard InChI is InChI=1S/C64H50/c1-61(2)49-19-11-9-15-39(49)45-31-33-47-55-41(17-13-21-51(55)63(5,6)59(47)57(45)61)37-27-23-35-26-30-44-38(28-24-36-25-29-43(37)53(35)54(36)44)42-18-14-22-52-56(42)48-34-32-46-40-16-10-12-20-50(40)62(3,4)58(46)60(48)64(52,7)8/h9-34H,1-8H3. The maximum absolute atomic E-state index is 2.46. The second-order valence-electron chi connectivity index (χ2n) is 21.5. The highest BCUT2D eigenvalue weighted by Gasteiger charge is 2.48. The largest absolute Gasteiger partial charge is 0.0619 e. The molecule has 0 amide bonds. The van der Waals surface area contributed by atoms with Crippen molar-refractivity contribution in [3.8, 4) is 66.8 Å². The summed E-state index contributed by atoms with van der Waals surface area (Å²) < 4.78 is 0. The third kappa shape index (κ3) is 4.18. The molecule has 0 heteroatoms. The van der Waals surface area contributed by atoms with Crippen LogP contribution in [0.15, 0.2) is 158 Å². The average Bonchev–Trinajstić information content (AvgIpc) is 3.88. The van der Waals surface area contributed by atoms with Crippen molar-refractivity contribution in [1.82, 2.24) is 0 Å².